The van der Waals surface area contributed by atoms with Gasteiger partial charge in [0.25, 0.3) is 0 Å². The maximum Gasteiger partial charge on any atom is 0.408 e. The van der Waals surface area contributed by atoms with Crippen LogP contribution in [0.2, 0.25) is 0 Å². The lowest BCUT2D eigenvalue weighted by Crippen LogP contribution is -2.47. The number of carboxylic acids is 1. The minimum atomic E-state index is -1.47. The largest absolute Gasteiger partial charge is 0.504 e. The number of hydrogen-bond acceptors (Lipinski definition) is 7. The Morgan fingerprint density at radius 2 is 1.64 bits per heavy atom. The fourth-order valence-electron chi connectivity index (χ4n) is 3.24. The molecule has 33 heavy (non-hydrogen) atoms. The van der Waals surface area contributed by atoms with E-state index >= 15 is 0 Å². The first kappa shape index (κ1) is 25.5. The number of carbonyl (C=O) groups excluding carboxylic acids is 2. The molecule has 0 radical (unpaired) electrons. The van der Waals surface area contributed by atoms with Gasteiger partial charge >= 0.3 is 18.0 Å². The summed E-state index contributed by atoms with van der Waals surface area (Å²) in [7, 11) is 0. The normalized spacial score (nSPS) is 13.9. The monoisotopic (exact) mass is 459 g/mol. The minimum Gasteiger partial charge on any atom is -0.504 e. The van der Waals surface area contributed by atoms with Gasteiger partial charge in [0.2, 0.25) is 0 Å². The summed E-state index contributed by atoms with van der Waals surface area (Å²) in [5.74, 6) is -3.69. The second-order valence-corrected chi connectivity index (χ2v) is 8.63. The SMILES string of the molecule is CC(CC(c1ccc(O)c(O)c1)[C@H](NC(=O)OC(C)(C)C)C(=O)O)OC(=O)c1ccccc1. The van der Waals surface area contributed by atoms with E-state index in [9.17, 15) is 29.7 Å². The zero-order valence-electron chi connectivity index (χ0n) is 18.9. The van der Waals surface area contributed by atoms with Gasteiger partial charge in [0, 0.05) is 5.92 Å². The molecule has 0 fully saturated rings. The van der Waals surface area contributed by atoms with E-state index in [1.165, 1.54) is 18.2 Å². The fraction of sp³-hybridized carbons (Fsp3) is 0.375. The summed E-state index contributed by atoms with van der Waals surface area (Å²) in [6, 6.07) is 10.7. The third-order valence-electron chi connectivity index (χ3n) is 4.67. The van der Waals surface area contributed by atoms with Gasteiger partial charge in [-0.3, -0.25) is 0 Å². The molecule has 9 nitrogen and oxygen atoms in total. The number of alkyl carbamates (subject to hydrolysis) is 1. The maximum atomic E-state index is 12.4. The standard InChI is InChI=1S/C24H29NO8/c1-14(32-22(30)15-8-6-5-7-9-15)12-17(16-10-11-18(26)19(27)13-16)20(21(28)29)25-23(31)33-24(2,3)4/h5-11,13-14,17,20,26-27H,12H2,1-4H3,(H,25,31)(H,28,29)/t14?,17?,20-/m0/s1. The third-order valence-corrected chi connectivity index (χ3v) is 4.67. The lowest BCUT2D eigenvalue weighted by molar-refractivity contribution is -0.140. The van der Waals surface area contributed by atoms with Crippen LogP contribution in [0.4, 0.5) is 4.79 Å². The van der Waals surface area contributed by atoms with Gasteiger partial charge in [-0.1, -0.05) is 24.3 Å². The quantitative estimate of drug-likeness (QED) is 0.345. The van der Waals surface area contributed by atoms with E-state index in [0.717, 1.165) is 0 Å². The molecule has 2 aromatic carbocycles. The van der Waals surface area contributed by atoms with Crippen LogP contribution < -0.4 is 5.32 Å². The van der Waals surface area contributed by atoms with Gasteiger partial charge in [0.15, 0.2) is 11.5 Å². The summed E-state index contributed by atoms with van der Waals surface area (Å²) < 4.78 is 10.7. The molecule has 2 unspecified atom stereocenters. The van der Waals surface area contributed by atoms with Crippen LogP contribution in [0, 0.1) is 0 Å². The number of esters is 1. The van der Waals surface area contributed by atoms with Crippen molar-refractivity contribution in [3.63, 3.8) is 0 Å². The number of rotatable bonds is 8. The van der Waals surface area contributed by atoms with Gasteiger partial charge in [0.1, 0.15) is 17.7 Å². The van der Waals surface area contributed by atoms with Crippen LogP contribution in [-0.4, -0.2) is 51.1 Å². The summed E-state index contributed by atoms with van der Waals surface area (Å²) in [5, 5.41) is 31.8. The zero-order valence-corrected chi connectivity index (χ0v) is 18.9. The molecule has 1 amide bonds. The number of aliphatic carboxylic acids is 1. The van der Waals surface area contributed by atoms with Crippen LogP contribution in [0.15, 0.2) is 48.5 Å². The average Bonchev–Trinajstić information content (AvgIpc) is 2.71. The molecule has 0 bridgehead atoms. The third kappa shape index (κ3) is 7.71. The highest BCUT2D eigenvalue weighted by Gasteiger charge is 2.34. The van der Waals surface area contributed by atoms with Crippen LogP contribution in [0.3, 0.4) is 0 Å². The molecular formula is C24H29NO8. The first-order valence-corrected chi connectivity index (χ1v) is 10.4. The molecule has 3 atom stereocenters. The lowest BCUT2D eigenvalue weighted by atomic mass is 9.86. The molecule has 9 heteroatoms. The van der Waals surface area contributed by atoms with Gasteiger partial charge in [-0.25, -0.2) is 14.4 Å². The molecule has 2 rings (SSSR count). The van der Waals surface area contributed by atoms with Crippen molar-refractivity contribution in [1.82, 2.24) is 5.32 Å². The zero-order chi connectivity index (χ0) is 24.8. The van der Waals surface area contributed by atoms with Gasteiger partial charge in [-0.05, 0) is 63.9 Å². The van der Waals surface area contributed by atoms with Crippen molar-refractivity contribution in [2.75, 3.05) is 0 Å². The number of ether oxygens (including phenoxy) is 2. The van der Waals surface area contributed by atoms with Crippen LogP contribution in [0.5, 0.6) is 11.5 Å². The van der Waals surface area contributed by atoms with Gasteiger partial charge in [-0.2, -0.15) is 0 Å². The Bertz CT molecular complexity index is 984. The van der Waals surface area contributed by atoms with Crippen molar-refractivity contribution in [2.45, 2.75) is 57.8 Å². The Balaban J connectivity index is 2.31. The van der Waals surface area contributed by atoms with E-state index in [4.69, 9.17) is 9.47 Å². The highest BCUT2D eigenvalue weighted by atomic mass is 16.6. The van der Waals surface area contributed by atoms with Crippen molar-refractivity contribution in [1.29, 1.82) is 0 Å². The topological polar surface area (TPSA) is 142 Å². The fourth-order valence-corrected chi connectivity index (χ4v) is 3.24. The van der Waals surface area contributed by atoms with E-state index in [1.807, 2.05) is 0 Å². The Kier molecular flexibility index (Phi) is 8.28. The molecule has 0 aliphatic rings. The number of benzene rings is 2. The molecule has 0 saturated heterocycles. The predicted octanol–water partition coefficient (Wildman–Crippen LogP) is 3.79. The molecule has 2 aromatic rings. The Morgan fingerprint density at radius 1 is 1.00 bits per heavy atom. The highest BCUT2D eigenvalue weighted by Crippen LogP contribution is 2.33. The Morgan fingerprint density at radius 3 is 2.18 bits per heavy atom. The second kappa shape index (κ2) is 10.7. The van der Waals surface area contributed by atoms with Crippen LogP contribution in [0.25, 0.3) is 0 Å². The van der Waals surface area contributed by atoms with Crippen molar-refractivity contribution >= 4 is 18.0 Å². The van der Waals surface area contributed by atoms with Crippen LogP contribution in [-0.2, 0) is 14.3 Å². The summed E-state index contributed by atoms with van der Waals surface area (Å²) in [4.78, 5) is 36.8. The van der Waals surface area contributed by atoms with Gasteiger partial charge in [0.05, 0.1) is 5.56 Å². The summed E-state index contributed by atoms with van der Waals surface area (Å²) in [5.41, 5.74) is -0.195. The van der Waals surface area contributed by atoms with Gasteiger partial charge in [-0.15, -0.1) is 0 Å². The number of hydrogen-bond donors (Lipinski definition) is 4. The maximum absolute atomic E-state index is 12.4. The van der Waals surface area contributed by atoms with Crippen LogP contribution in [0.1, 0.15) is 56.0 Å². The summed E-state index contributed by atoms with van der Waals surface area (Å²) in [6.45, 7) is 6.52. The first-order valence-electron chi connectivity index (χ1n) is 10.4. The Hall–Kier alpha value is -3.75. The van der Waals surface area contributed by atoms with Crippen molar-refractivity contribution in [2.24, 2.45) is 0 Å². The molecule has 4 N–H and O–H groups in total. The number of amides is 1. The number of aromatic hydroxyl groups is 2. The van der Waals surface area contributed by atoms with Crippen molar-refractivity contribution < 1.29 is 39.2 Å². The smallest absolute Gasteiger partial charge is 0.408 e. The first-order chi connectivity index (χ1) is 15.4. The summed E-state index contributed by atoms with van der Waals surface area (Å²) >= 11 is 0. The molecule has 0 aliphatic heterocycles. The predicted molar refractivity (Wildman–Crippen MR) is 119 cm³/mol. The molecule has 0 heterocycles. The van der Waals surface area contributed by atoms with E-state index in [1.54, 1.807) is 58.0 Å². The van der Waals surface area contributed by atoms with Gasteiger partial charge < -0.3 is 30.1 Å². The number of phenols is 2. The number of nitrogens with one attached hydrogen (secondary N) is 1. The molecule has 0 aromatic heterocycles. The minimum absolute atomic E-state index is 0.00441. The van der Waals surface area contributed by atoms with E-state index in [0.29, 0.717) is 11.1 Å². The van der Waals surface area contributed by atoms with Crippen LogP contribution >= 0.6 is 0 Å². The number of carboxylic acid groups (broad SMARTS) is 1. The van der Waals surface area contributed by atoms with Crippen molar-refractivity contribution in [3.8, 4) is 11.5 Å². The van der Waals surface area contributed by atoms with Crippen molar-refractivity contribution in [3.05, 3.63) is 59.7 Å². The highest BCUT2D eigenvalue weighted by molar-refractivity contribution is 5.89. The number of carbonyl (C=O) groups is 3. The van der Waals surface area contributed by atoms with E-state index < -0.39 is 47.4 Å². The second-order valence-electron chi connectivity index (χ2n) is 8.63. The molecule has 178 valence electrons. The lowest BCUT2D eigenvalue weighted by Gasteiger charge is -2.29. The number of phenolic OH excluding ortho intramolecular Hbond substituents is 2. The van der Waals surface area contributed by atoms with E-state index in [-0.39, 0.29) is 12.2 Å². The molecule has 0 aliphatic carbocycles. The van der Waals surface area contributed by atoms with E-state index in [2.05, 4.69) is 5.32 Å². The molecule has 0 saturated carbocycles. The molecular weight excluding hydrogens is 430 g/mol. The summed E-state index contributed by atoms with van der Waals surface area (Å²) in [6.07, 6.45) is -1.69. The Labute approximate surface area is 192 Å². The average molecular weight is 459 g/mol. The molecule has 0 spiro atoms.